The van der Waals surface area contributed by atoms with Gasteiger partial charge in [-0.1, -0.05) is 77.1 Å². The van der Waals surface area contributed by atoms with Crippen molar-refractivity contribution in [2.75, 3.05) is 6.54 Å². The molecule has 1 aromatic rings. The third kappa shape index (κ3) is 5.37. The van der Waals surface area contributed by atoms with Crippen LogP contribution in [0.2, 0.25) is 0 Å². The summed E-state index contributed by atoms with van der Waals surface area (Å²) in [5, 5.41) is 4.23. The number of fused-ring (bicyclic) bond motifs is 7. The van der Waals surface area contributed by atoms with Gasteiger partial charge in [0.1, 0.15) is 8.81 Å². The molecule has 262 valence electrons. The SMILES string of the molecule is C=C(C)[C@@H]1CC[C@]2(C(=O)NCCC(=O)OP)CC[C@]3(C)[C@H](CC[C@@H]4[C@@]5(C)CC=C(c6ccc(POC=O)cc6)C(C)(C)[C@@H]5CC[C@]43C)[C@@H]12. The lowest BCUT2D eigenvalue weighted by Crippen LogP contribution is -2.66. The zero-order valence-electron chi connectivity index (χ0n) is 30.0. The second kappa shape index (κ2) is 12.9. The van der Waals surface area contributed by atoms with E-state index in [4.69, 9.17) is 9.05 Å². The van der Waals surface area contributed by atoms with Gasteiger partial charge in [0, 0.05) is 11.8 Å². The maximum absolute atomic E-state index is 14.2. The van der Waals surface area contributed by atoms with E-state index in [0.29, 0.717) is 42.6 Å². The van der Waals surface area contributed by atoms with Crippen molar-refractivity contribution < 1.29 is 23.4 Å². The van der Waals surface area contributed by atoms with E-state index in [1.165, 1.54) is 42.4 Å². The Bertz CT molecular complexity index is 1490. The molecule has 0 aliphatic heterocycles. The Kier molecular flexibility index (Phi) is 9.65. The Hall–Kier alpha value is -2.03. The fourth-order valence-corrected chi connectivity index (χ4v) is 13.6. The van der Waals surface area contributed by atoms with Crippen molar-refractivity contribution >= 4 is 47.5 Å². The number of carbonyl (C=O) groups excluding carboxylic acids is 3. The molecule has 6 rings (SSSR count). The maximum atomic E-state index is 14.2. The Labute approximate surface area is 292 Å². The minimum absolute atomic E-state index is 0.0361. The molecule has 48 heavy (non-hydrogen) atoms. The topological polar surface area (TPSA) is 81.7 Å². The molecule has 4 fully saturated rings. The third-order valence-corrected chi connectivity index (χ3v) is 16.3. The first-order valence-corrected chi connectivity index (χ1v) is 19.6. The lowest BCUT2D eigenvalue weighted by molar-refractivity contribution is -0.225. The predicted molar refractivity (Wildman–Crippen MR) is 197 cm³/mol. The van der Waals surface area contributed by atoms with E-state index >= 15 is 0 Å². The second-order valence-corrected chi connectivity index (χ2v) is 18.5. The molecule has 11 atom stereocenters. The van der Waals surface area contributed by atoms with Gasteiger partial charge in [-0.2, -0.15) is 0 Å². The van der Waals surface area contributed by atoms with Gasteiger partial charge < -0.3 is 14.4 Å². The second-order valence-electron chi connectivity index (χ2n) is 17.3. The van der Waals surface area contributed by atoms with Gasteiger partial charge in [0.05, 0.1) is 21.3 Å². The quantitative estimate of drug-likeness (QED) is 0.159. The lowest BCUT2D eigenvalue weighted by Gasteiger charge is -2.72. The summed E-state index contributed by atoms with van der Waals surface area (Å²) in [4.78, 5) is 36.7. The number of rotatable bonds is 9. The Morgan fingerprint density at radius 3 is 2.38 bits per heavy atom. The first-order valence-electron chi connectivity index (χ1n) is 18.2. The van der Waals surface area contributed by atoms with E-state index in [-0.39, 0.29) is 54.2 Å². The van der Waals surface area contributed by atoms with Gasteiger partial charge in [0.15, 0.2) is 0 Å². The Balaban J connectivity index is 1.30. The molecule has 0 radical (unpaired) electrons. The highest BCUT2D eigenvalue weighted by molar-refractivity contribution is 7.42. The zero-order chi connectivity index (χ0) is 34.7. The summed E-state index contributed by atoms with van der Waals surface area (Å²) in [7, 11) is 2.05. The highest BCUT2D eigenvalue weighted by Crippen LogP contribution is 2.77. The van der Waals surface area contributed by atoms with Crippen molar-refractivity contribution in [1.82, 2.24) is 5.32 Å². The standard InChI is InChI=1S/C40H57NO5P2/c1-25(2)28-14-20-40(35(44)41-23-17-33(43)46-47)22-21-38(6)30(34(28)40)12-13-32-37(5)18-15-29(26-8-10-27(11-9-26)48-45-24-42)36(3,4)31(37)16-19-39(32,38)7/h8-11,15,24,28,30-32,34,48H,1,12-14,16-23,47H2,2-7H3,(H,41,44)/t28-,30+,31-,32+,34+,37-,38+,39+,40-/m0/s1. The van der Waals surface area contributed by atoms with Crippen LogP contribution in [-0.2, 0) is 23.4 Å². The Morgan fingerprint density at radius 2 is 1.71 bits per heavy atom. The fourth-order valence-electron chi connectivity index (χ4n) is 13.0. The molecule has 1 N–H and O–H groups in total. The molecule has 8 heteroatoms. The normalized spacial score (nSPS) is 39.6. The van der Waals surface area contributed by atoms with Crippen LogP contribution in [0.5, 0.6) is 0 Å². The summed E-state index contributed by atoms with van der Waals surface area (Å²) >= 11 is 0. The van der Waals surface area contributed by atoms with E-state index in [1.807, 2.05) is 9.47 Å². The maximum Gasteiger partial charge on any atom is 0.309 e. The minimum Gasteiger partial charge on any atom is -0.451 e. The van der Waals surface area contributed by atoms with Gasteiger partial charge in [0.25, 0.3) is 6.47 Å². The largest absolute Gasteiger partial charge is 0.451 e. The molecule has 0 heterocycles. The number of amides is 1. The van der Waals surface area contributed by atoms with Crippen LogP contribution in [0.25, 0.3) is 5.57 Å². The van der Waals surface area contributed by atoms with E-state index in [9.17, 15) is 14.4 Å². The molecule has 0 aromatic heterocycles. The van der Waals surface area contributed by atoms with Crippen molar-refractivity contribution in [3.05, 3.63) is 48.1 Å². The van der Waals surface area contributed by atoms with Crippen molar-refractivity contribution in [2.24, 2.45) is 56.7 Å². The van der Waals surface area contributed by atoms with E-state index in [1.54, 1.807) is 0 Å². The van der Waals surface area contributed by atoms with Crippen molar-refractivity contribution in [3.63, 3.8) is 0 Å². The van der Waals surface area contributed by atoms with Crippen LogP contribution in [0.15, 0.2) is 42.5 Å². The highest BCUT2D eigenvalue weighted by Gasteiger charge is 2.71. The van der Waals surface area contributed by atoms with Crippen LogP contribution >= 0.6 is 18.3 Å². The fraction of sp³-hybridized carbons (Fsp3) is 0.675. The highest BCUT2D eigenvalue weighted by atomic mass is 31.1. The average molecular weight is 694 g/mol. The number of hydrogen-bond donors (Lipinski definition) is 1. The number of hydrogen-bond acceptors (Lipinski definition) is 5. The summed E-state index contributed by atoms with van der Waals surface area (Å²) in [6, 6.07) is 8.63. The van der Waals surface area contributed by atoms with Gasteiger partial charge in [-0.15, -0.1) is 0 Å². The van der Waals surface area contributed by atoms with E-state index < -0.39 is 0 Å². The first kappa shape index (κ1) is 35.8. The van der Waals surface area contributed by atoms with Crippen LogP contribution in [0.3, 0.4) is 0 Å². The molecular weight excluding hydrogens is 636 g/mol. The number of carbonyl (C=O) groups is 3. The Morgan fingerprint density at radius 1 is 0.979 bits per heavy atom. The molecule has 0 spiro atoms. The molecule has 1 aromatic carbocycles. The van der Waals surface area contributed by atoms with Crippen molar-refractivity contribution in [3.8, 4) is 0 Å². The smallest absolute Gasteiger partial charge is 0.309 e. The summed E-state index contributed by atoms with van der Waals surface area (Å²) in [5.41, 5.74) is 4.15. The molecule has 5 aliphatic rings. The molecule has 1 amide bonds. The van der Waals surface area contributed by atoms with Gasteiger partial charge in [-0.25, -0.2) is 0 Å². The monoisotopic (exact) mass is 693 g/mol. The van der Waals surface area contributed by atoms with Crippen LogP contribution in [0.4, 0.5) is 0 Å². The van der Waals surface area contributed by atoms with Gasteiger partial charge in [0.2, 0.25) is 5.91 Å². The van der Waals surface area contributed by atoms with Crippen LogP contribution in [-0.4, -0.2) is 24.9 Å². The molecule has 0 saturated heterocycles. The summed E-state index contributed by atoms with van der Waals surface area (Å²) in [6.07, 6.45) is 12.6. The van der Waals surface area contributed by atoms with Gasteiger partial charge >= 0.3 is 5.97 Å². The minimum atomic E-state index is -0.386. The van der Waals surface area contributed by atoms with Crippen molar-refractivity contribution in [1.29, 1.82) is 0 Å². The van der Waals surface area contributed by atoms with Crippen molar-refractivity contribution in [2.45, 2.75) is 106 Å². The average Bonchev–Trinajstić information content (AvgIpc) is 3.45. The van der Waals surface area contributed by atoms with Gasteiger partial charge in [-0.05, 0) is 127 Å². The van der Waals surface area contributed by atoms with Crippen LogP contribution < -0.4 is 10.6 Å². The molecule has 0 bridgehead atoms. The third-order valence-electron chi connectivity index (χ3n) is 15.3. The number of nitrogens with one attached hydrogen (secondary N) is 1. The molecule has 5 aliphatic carbocycles. The summed E-state index contributed by atoms with van der Waals surface area (Å²) < 4.78 is 9.77. The zero-order valence-corrected chi connectivity index (χ0v) is 32.1. The molecule has 6 nitrogen and oxygen atoms in total. The predicted octanol–water partition coefficient (Wildman–Crippen LogP) is 8.57. The summed E-state index contributed by atoms with van der Waals surface area (Å²) in [6.45, 7) is 20.3. The first-order chi connectivity index (χ1) is 22.7. The van der Waals surface area contributed by atoms with Gasteiger partial charge in [-0.3, -0.25) is 14.4 Å². The lowest BCUT2D eigenvalue weighted by atomic mass is 9.32. The molecule has 4 saturated carbocycles. The van der Waals surface area contributed by atoms with Crippen LogP contribution in [0.1, 0.15) is 111 Å². The number of benzene rings is 1. The van der Waals surface area contributed by atoms with Crippen LogP contribution in [0, 0.1) is 56.7 Å². The number of allylic oxidation sites excluding steroid dienone is 3. The van der Waals surface area contributed by atoms with E-state index in [2.05, 4.69) is 83.8 Å². The molecule has 2 unspecified atom stereocenters. The summed E-state index contributed by atoms with van der Waals surface area (Å²) in [5.74, 6) is 2.16. The van der Waals surface area contributed by atoms with E-state index in [0.717, 1.165) is 37.4 Å². The molecular formula is C40H57NO5P2.